The van der Waals surface area contributed by atoms with Gasteiger partial charge in [0.1, 0.15) is 5.92 Å². The number of aliphatic hydroxyl groups is 1. The lowest BCUT2D eigenvalue weighted by atomic mass is 9.61. The van der Waals surface area contributed by atoms with Crippen LogP contribution < -0.4 is 9.47 Å². The van der Waals surface area contributed by atoms with Gasteiger partial charge in [-0.25, -0.2) is 0 Å². The van der Waals surface area contributed by atoms with E-state index >= 15 is 0 Å². The molecule has 1 aromatic rings. The van der Waals surface area contributed by atoms with Crippen molar-refractivity contribution in [1.29, 1.82) is 0 Å². The Morgan fingerprint density at radius 2 is 1.70 bits per heavy atom. The number of oxime groups is 1. The third-order valence-corrected chi connectivity index (χ3v) is 5.29. The van der Waals surface area contributed by atoms with Crippen LogP contribution >= 0.6 is 0 Å². The molecule has 2 rings (SSSR count). The van der Waals surface area contributed by atoms with Gasteiger partial charge in [-0.15, -0.1) is 0 Å². The Labute approximate surface area is 175 Å². The molecule has 166 valence electrons. The quantitative estimate of drug-likeness (QED) is 0.388. The Hall–Kier alpha value is -2.81. The molecule has 1 saturated carbocycles. The summed E-state index contributed by atoms with van der Waals surface area (Å²) in [5.74, 6) is -3.60. The molecule has 0 aromatic heterocycles. The lowest BCUT2D eigenvalue weighted by Gasteiger charge is -2.44. The van der Waals surface area contributed by atoms with E-state index in [1.54, 1.807) is 32.0 Å². The second kappa shape index (κ2) is 9.80. The van der Waals surface area contributed by atoms with Crippen LogP contribution in [0.3, 0.4) is 0 Å². The van der Waals surface area contributed by atoms with E-state index in [-0.39, 0.29) is 25.3 Å². The van der Waals surface area contributed by atoms with Gasteiger partial charge < -0.3 is 29.3 Å². The Kier molecular flexibility index (Phi) is 7.66. The average Bonchev–Trinajstić information content (AvgIpc) is 2.71. The molecule has 0 unspecified atom stereocenters. The molecule has 1 aliphatic rings. The summed E-state index contributed by atoms with van der Waals surface area (Å²) in [7, 11) is 2.95. The first-order valence-corrected chi connectivity index (χ1v) is 9.74. The molecule has 1 aromatic carbocycles. The molecule has 0 radical (unpaired) electrons. The lowest BCUT2D eigenvalue weighted by molar-refractivity contribution is -0.163. The van der Waals surface area contributed by atoms with Crippen molar-refractivity contribution in [2.75, 3.05) is 27.4 Å². The number of carbonyl (C=O) groups excluding carboxylic acids is 2. The second-order valence-electron chi connectivity index (χ2n) is 7.22. The first kappa shape index (κ1) is 23.5. The normalized spacial score (nSPS) is 27.4. The minimum atomic E-state index is -1.63. The number of esters is 2. The summed E-state index contributed by atoms with van der Waals surface area (Å²) < 4.78 is 21.0. The van der Waals surface area contributed by atoms with Gasteiger partial charge >= 0.3 is 11.9 Å². The topological polar surface area (TPSA) is 124 Å². The number of hydrogen-bond donors (Lipinski definition) is 2. The molecule has 0 aliphatic heterocycles. The molecule has 1 aliphatic carbocycles. The van der Waals surface area contributed by atoms with Crippen LogP contribution in [0.25, 0.3) is 0 Å². The Morgan fingerprint density at radius 1 is 1.10 bits per heavy atom. The van der Waals surface area contributed by atoms with Crippen molar-refractivity contribution < 1.29 is 38.9 Å². The van der Waals surface area contributed by atoms with Gasteiger partial charge in [-0.05, 0) is 38.5 Å². The maximum Gasteiger partial charge on any atom is 0.315 e. The first-order valence-electron chi connectivity index (χ1n) is 9.74. The predicted octanol–water partition coefficient (Wildman–Crippen LogP) is 2.13. The number of methoxy groups -OCH3 is 2. The molecular formula is C21H29NO8. The number of ether oxygens (including phenoxy) is 4. The monoisotopic (exact) mass is 423 g/mol. The van der Waals surface area contributed by atoms with Gasteiger partial charge in [-0.3, -0.25) is 9.59 Å². The van der Waals surface area contributed by atoms with Gasteiger partial charge in [-0.1, -0.05) is 11.2 Å². The summed E-state index contributed by atoms with van der Waals surface area (Å²) in [6.45, 7) is 4.97. The average molecular weight is 423 g/mol. The molecular weight excluding hydrogens is 394 g/mol. The highest BCUT2D eigenvalue weighted by Crippen LogP contribution is 2.48. The zero-order valence-corrected chi connectivity index (χ0v) is 17.9. The van der Waals surface area contributed by atoms with E-state index in [4.69, 9.17) is 18.9 Å². The number of hydrogen-bond acceptors (Lipinski definition) is 9. The Balaban J connectivity index is 2.73. The Morgan fingerprint density at radius 3 is 2.23 bits per heavy atom. The highest BCUT2D eigenvalue weighted by molar-refractivity contribution is 6.05. The highest BCUT2D eigenvalue weighted by atomic mass is 16.5. The molecule has 0 amide bonds. The van der Waals surface area contributed by atoms with E-state index in [2.05, 4.69) is 5.16 Å². The van der Waals surface area contributed by atoms with Crippen molar-refractivity contribution in [3.63, 3.8) is 0 Å². The van der Waals surface area contributed by atoms with Gasteiger partial charge in [0.05, 0.1) is 44.7 Å². The van der Waals surface area contributed by atoms with Gasteiger partial charge in [0.25, 0.3) is 0 Å². The van der Waals surface area contributed by atoms with E-state index in [9.17, 15) is 19.9 Å². The van der Waals surface area contributed by atoms with E-state index in [0.29, 0.717) is 17.1 Å². The zero-order chi connectivity index (χ0) is 22.5. The summed E-state index contributed by atoms with van der Waals surface area (Å²) in [6, 6.07) is 4.93. The standard InChI is InChI=1S/C21H29NO8/c1-6-29-19(23)17-13(22-26)11-21(3,25)18(20(24)30-7-2)16(17)12-8-9-14(27-4)15(10-12)28-5/h8-10,16-18,25-26H,6-7,11H2,1-5H3/b22-13-/t16-,17+,18+,21+/m0/s1. The van der Waals surface area contributed by atoms with Crippen LogP contribution in [0.1, 0.15) is 38.7 Å². The fourth-order valence-electron chi connectivity index (χ4n) is 4.06. The van der Waals surface area contributed by atoms with Crippen LogP contribution in [0.2, 0.25) is 0 Å². The number of rotatable bonds is 7. The molecule has 9 heteroatoms. The third kappa shape index (κ3) is 4.51. The summed E-state index contributed by atoms with van der Waals surface area (Å²) in [4.78, 5) is 25.8. The molecule has 0 spiro atoms. The lowest BCUT2D eigenvalue weighted by Crippen LogP contribution is -2.55. The third-order valence-electron chi connectivity index (χ3n) is 5.29. The van der Waals surface area contributed by atoms with E-state index in [1.165, 1.54) is 21.1 Å². The van der Waals surface area contributed by atoms with E-state index in [1.807, 2.05) is 0 Å². The molecule has 0 bridgehead atoms. The van der Waals surface area contributed by atoms with Crippen LogP contribution in [0.15, 0.2) is 23.4 Å². The minimum absolute atomic E-state index is 0.0267. The molecule has 30 heavy (non-hydrogen) atoms. The van der Waals surface area contributed by atoms with Crippen molar-refractivity contribution in [2.24, 2.45) is 17.0 Å². The maximum absolute atomic E-state index is 12.9. The van der Waals surface area contributed by atoms with Gasteiger partial charge in [0, 0.05) is 12.3 Å². The summed E-state index contributed by atoms with van der Waals surface area (Å²) in [6.07, 6.45) is -0.194. The van der Waals surface area contributed by atoms with Crippen LogP contribution in [-0.2, 0) is 19.1 Å². The van der Waals surface area contributed by atoms with Crippen LogP contribution in [-0.4, -0.2) is 61.0 Å². The number of carbonyl (C=O) groups is 2. The van der Waals surface area contributed by atoms with Crippen molar-refractivity contribution in [3.8, 4) is 11.5 Å². The number of nitrogens with zero attached hydrogens (tertiary/aromatic N) is 1. The predicted molar refractivity (Wildman–Crippen MR) is 107 cm³/mol. The van der Waals surface area contributed by atoms with Crippen molar-refractivity contribution in [3.05, 3.63) is 23.8 Å². The molecule has 9 nitrogen and oxygen atoms in total. The van der Waals surface area contributed by atoms with Gasteiger partial charge in [0.15, 0.2) is 11.5 Å². The summed E-state index contributed by atoms with van der Waals surface area (Å²) in [5, 5.41) is 24.0. The van der Waals surface area contributed by atoms with Crippen molar-refractivity contribution >= 4 is 17.7 Å². The zero-order valence-electron chi connectivity index (χ0n) is 17.9. The Bertz CT molecular complexity index is 804. The fourth-order valence-corrected chi connectivity index (χ4v) is 4.06. The van der Waals surface area contributed by atoms with Crippen molar-refractivity contribution in [1.82, 2.24) is 0 Å². The highest BCUT2D eigenvalue weighted by Gasteiger charge is 2.56. The van der Waals surface area contributed by atoms with Gasteiger partial charge in [-0.2, -0.15) is 0 Å². The summed E-state index contributed by atoms with van der Waals surface area (Å²) >= 11 is 0. The second-order valence-corrected chi connectivity index (χ2v) is 7.22. The molecule has 4 atom stereocenters. The van der Waals surface area contributed by atoms with Crippen LogP contribution in [0, 0.1) is 11.8 Å². The molecule has 0 saturated heterocycles. The van der Waals surface area contributed by atoms with Crippen molar-refractivity contribution in [2.45, 2.75) is 38.7 Å². The van der Waals surface area contributed by atoms with Crippen LogP contribution in [0.5, 0.6) is 11.5 Å². The van der Waals surface area contributed by atoms with Gasteiger partial charge in [0.2, 0.25) is 0 Å². The smallest absolute Gasteiger partial charge is 0.315 e. The molecule has 1 fully saturated rings. The maximum atomic E-state index is 12.9. The molecule has 2 N–H and O–H groups in total. The minimum Gasteiger partial charge on any atom is -0.493 e. The first-order chi connectivity index (χ1) is 14.2. The SMILES string of the molecule is CCOC(=O)[C@@H]1/C(=N\O)C[C@@](C)(O)[C@@H](C(=O)OCC)[C@H]1c1ccc(OC)c(OC)c1. The fraction of sp³-hybridized carbons (Fsp3) is 0.571. The van der Waals surface area contributed by atoms with Crippen LogP contribution in [0.4, 0.5) is 0 Å². The van der Waals surface area contributed by atoms with E-state index in [0.717, 1.165) is 0 Å². The molecule has 0 heterocycles. The largest absolute Gasteiger partial charge is 0.493 e. The number of benzene rings is 1. The summed E-state index contributed by atoms with van der Waals surface area (Å²) in [5.41, 5.74) is -1.10. The van der Waals surface area contributed by atoms with E-state index < -0.39 is 35.3 Å².